The van der Waals surface area contributed by atoms with Crippen LogP contribution in [-0.4, -0.2) is 9.78 Å². The molecule has 5 heteroatoms. The standard InChI is InChI=1S/C12H13ClN4/c13-9-3-1-2-4-11(9)17-12(5-14)8-6-15-7-10(8)16-17/h1-4,15H,5-7,14H2. The number of halogens is 1. The van der Waals surface area contributed by atoms with Crippen LogP contribution in [0.15, 0.2) is 24.3 Å². The summed E-state index contributed by atoms with van der Waals surface area (Å²) in [4.78, 5) is 0. The Balaban J connectivity index is 2.19. The van der Waals surface area contributed by atoms with Gasteiger partial charge in [0, 0.05) is 25.2 Å². The maximum Gasteiger partial charge on any atom is 0.0835 e. The minimum atomic E-state index is 0.467. The number of benzene rings is 1. The first-order valence-electron chi connectivity index (χ1n) is 5.56. The number of aromatic nitrogens is 2. The lowest BCUT2D eigenvalue weighted by Gasteiger charge is -2.09. The molecule has 1 aromatic heterocycles. The highest BCUT2D eigenvalue weighted by atomic mass is 35.5. The Bertz CT molecular complexity index is 562. The zero-order valence-corrected chi connectivity index (χ0v) is 10.0. The fourth-order valence-electron chi connectivity index (χ4n) is 2.22. The molecule has 0 saturated heterocycles. The molecule has 0 saturated carbocycles. The van der Waals surface area contributed by atoms with Gasteiger partial charge in [-0.3, -0.25) is 0 Å². The Morgan fingerprint density at radius 3 is 2.94 bits per heavy atom. The zero-order chi connectivity index (χ0) is 11.8. The molecule has 0 fully saturated rings. The van der Waals surface area contributed by atoms with Crippen molar-refractivity contribution in [2.75, 3.05) is 0 Å². The van der Waals surface area contributed by atoms with Gasteiger partial charge < -0.3 is 11.1 Å². The Hall–Kier alpha value is -1.36. The second-order valence-corrected chi connectivity index (χ2v) is 4.45. The number of nitrogens with two attached hydrogens (primary N) is 1. The molecule has 1 aliphatic heterocycles. The van der Waals surface area contributed by atoms with E-state index in [2.05, 4.69) is 10.4 Å². The van der Waals surface area contributed by atoms with Gasteiger partial charge in [-0.05, 0) is 12.1 Å². The van der Waals surface area contributed by atoms with Crippen molar-refractivity contribution < 1.29 is 0 Å². The fourth-order valence-corrected chi connectivity index (χ4v) is 2.44. The number of hydrogen-bond donors (Lipinski definition) is 2. The van der Waals surface area contributed by atoms with Crippen LogP contribution in [0.3, 0.4) is 0 Å². The van der Waals surface area contributed by atoms with Crippen LogP contribution in [-0.2, 0) is 19.6 Å². The lowest BCUT2D eigenvalue weighted by molar-refractivity contribution is 0.698. The third-order valence-electron chi connectivity index (χ3n) is 3.04. The highest BCUT2D eigenvalue weighted by molar-refractivity contribution is 6.32. The third kappa shape index (κ3) is 1.65. The lowest BCUT2D eigenvalue weighted by Crippen LogP contribution is -2.12. The number of nitrogens with one attached hydrogen (secondary N) is 1. The molecule has 2 aromatic rings. The van der Waals surface area contributed by atoms with Crippen LogP contribution in [0.2, 0.25) is 5.02 Å². The van der Waals surface area contributed by atoms with Crippen molar-refractivity contribution in [3.63, 3.8) is 0 Å². The first kappa shape index (κ1) is 10.8. The number of fused-ring (bicyclic) bond motifs is 1. The van der Waals surface area contributed by atoms with Crippen LogP contribution in [0.1, 0.15) is 17.0 Å². The molecule has 17 heavy (non-hydrogen) atoms. The van der Waals surface area contributed by atoms with E-state index in [1.165, 1.54) is 5.56 Å². The first-order valence-corrected chi connectivity index (χ1v) is 5.94. The van der Waals surface area contributed by atoms with E-state index in [-0.39, 0.29) is 0 Å². The van der Waals surface area contributed by atoms with Crippen LogP contribution in [0, 0.1) is 0 Å². The predicted molar refractivity (Wildman–Crippen MR) is 67.0 cm³/mol. The van der Waals surface area contributed by atoms with Gasteiger partial charge in [0.05, 0.1) is 22.1 Å². The molecule has 1 aromatic carbocycles. The summed E-state index contributed by atoms with van der Waals surface area (Å²) < 4.78 is 1.87. The number of rotatable bonds is 2. The molecular formula is C12H13ClN4. The molecule has 2 heterocycles. The molecule has 4 nitrogen and oxygen atoms in total. The first-order chi connectivity index (χ1) is 8.31. The van der Waals surface area contributed by atoms with Gasteiger partial charge >= 0.3 is 0 Å². The van der Waals surface area contributed by atoms with Crippen LogP contribution in [0.4, 0.5) is 0 Å². The molecule has 0 unspecified atom stereocenters. The fraction of sp³-hybridized carbons (Fsp3) is 0.250. The Kier molecular flexibility index (Phi) is 2.63. The smallest absolute Gasteiger partial charge is 0.0835 e. The van der Waals surface area contributed by atoms with E-state index < -0.39 is 0 Å². The average Bonchev–Trinajstić information content (AvgIpc) is 2.89. The van der Waals surface area contributed by atoms with Crippen LogP contribution in [0.5, 0.6) is 0 Å². The normalized spacial score (nSPS) is 14.0. The molecular weight excluding hydrogens is 236 g/mol. The van der Waals surface area contributed by atoms with Gasteiger partial charge in [-0.25, -0.2) is 4.68 Å². The van der Waals surface area contributed by atoms with Crippen molar-refractivity contribution in [1.29, 1.82) is 0 Å². The second kappa shape index (κ2) is 4.14. The lowest BCUT2D eigenvalue weighted by atomic mass is 10.2. The van der Waals surface area contributed by atoms with E-state index in [0.29, 0.717) is 11.6 Å². The topological polar surface area (TPSA) is 55.9 Å². The largest absolute Gasteiger partial charge is 0.325 e. The molecule has 3 N–H and O–H groups in total. The van der Waals surface area contributed by atoms with Crippen molar-refractivity contribution in [3.8, 4) is 5.69 Å². The van der Waals surface area contributed by atoms with Crippen molar-refractivity contribution >= 4 is 11.6 Å². The van der Waals surface area contributed by atoms with Gasteiger partial charge in [0.1, 0.15) is 0 Å². The molecule has 0 radical (unpaired) electrons. The quantitative estimate of drug-likeness (QED) is 0.849. The maximum absolute atomic E-state index is 6.19. The van der Waals surface area contributed by atoms with Crippen LogP contribution < -0.4 is 11.1 Å². The molecule has 0 spiro atoms. The molecule has 0 atom stereocenters. The number of para-hydroxylation sites is 1. The van der Waals surface area contributed by atoms with Crippen LogP contribution >= 0.6 is 11.6 Å². The second-order valence-electron chi connectivity index (χ2n) is 4.04. The monoisotopic (exact) mass is 248 g/mol. The zero-order valence-electron chi connectivity index (χ0n) is 9.28. The van der Waals surface area contributed by atoms with Crippen molar-refractivity contribution in [2.45, 2.75) is 19.6 Å². The van der Waals surface area contributed by atoms with Crippen molar-refractivity contribution in [2.24, 2.45) is 5.73 Å². The Morgan fingerprint density at radius 2 is 2.18 bits per heavy atom. The van der Waals surface area contributed by atoms with Gasteiger partial charge in [0.25, 0.3) is 0 Å². The summed E-state index contributed by atoms with van der Waals surface area (Å²) in [5.74, 6) is 0. The Labute approximate surface area is 104 Å². The van der Waals surface area contributed by atoms with E-state index in [4.69, 9.17) is 17.3 Å². The summed E-state index contributed by atoms with van der Waals surface area (Å²) in [5.41, 5.74) is 10.0. The summed E-state index contributed by atoms with van der Waals surface area (Å²) in [6.45, 7) is 2.11. The Morgan fingerprint density at radius 1 is 1.35 bits per heavy atom. The predicted octanol–water partition coefficient (Wildman–Crippen LogP) is 1.59. The van der Waals surface area contributed by atoms with Gasteiger partial charge in [0.15, 0.2) is 0 Å². The van der Waals surface area contributed by atoms with E-state index >= 15 is 0 Å². The summed E-state index contributed by atoms with van der Waals surface area (Å²) >= 11 is 6.19. The molecule has 0 amide bonds. The minimum Gasteiger partial charge on any atom is -0.325 e. The van der Waals surface area contributed by atoms with Gasteiger partial charge in [-0.15, -0.1) is 0 Å². The van der Waals surface area contributed by atoms with Crippen LogP contribution in [0.25, 0.3) is 5.69 Å². The van der Waals surface area contributed by atoms with Crippen molar-refractivity contribution in [1.82, 2.24) is 15.1 Å². The number of nitrogens with zero attached hydrogens (tertiary/aromatic N) is 2. The third-order valence-corrected chi connectivity index (χ3v) is 3.36. The van der Waals surface area contributed by atoms with Gasteiger partial charge in [-0.1, -0.05) is 23.7 Å². The SMILES string of the molecule is NCc1c2c(nn1-c1ccccc1Cl)CNC2. The van der Waals surface area contributed by atoms with E-state index in [1.807, 2.05) is 28.9 Å². The molecule has 3 rings (SSSR count). The summed E-state index contributed by atoms with van der Waals surface area (Å²) in [5, 5.41) is 8.54. The van der Waals surface area contributed by atoms with Gasteiger partial charge in [0.2, 0.25) is 0 Å². The average molecular weight is 249 g/mol. The number of hydrogen-bond acceptors (Lipinski definition) is 3. The molecule has 0 aliphatic carbocycles. The van der Waals surface area contributed by atoms with Gasteiger partial charge in [-0.2, -0.15) is 5.10 Å². The molecule has 0 bridgehead atoms. The highest BCUT2D eigenvalue weighted by Crippen LogP contribution is 2.26. The molecule has 88 valence electrons. The summed E-state index contributed by atoms with van der Waals surface area (Å²) in [6, 6.07) is 7.68. The summed E-state index contributed by atoms with van der Waals surface area (Å²) in [7, 11) is 0. The summed E-state index contributed by atoms with van der Waals surface area (Å²) in [6.07, 6.45) is 0. The maximum atomic E-state index is 6.19. The minimum absolute atomic E-state index is 0.467. The molecule has 1 aliphatic rings. The highest BCUT2D eigenvalue weighted by Gasteiger charge is 2.22. The van der Waals surface area contributed by atoms with E-state index in [9.17, 15) is 0 Å². The van der Waals surface area contributed by atoms with E-state index in [0.717, 1.165) is 30.2 Å². The van der Waals surface area contributed by atoms with Crippen molar-refractivity contribution in [3.05, 3.63) is 46.2 Å². The van der Waals surface area contributed by atoms with E-state index in [1.54, 1.807) is 0 Å².